The smallest absolute Gasteiger partial charge is 0.411 e. The summed E-state index contributed by atoms with van der Waals surface area (Å²) in [4.78, 5) is 0. The molecule has 0 spiro atoms. The Morgan fingerprint density at radius 3 is 2.69 bits per heavy atom. The van der Waals surface area contributed by atoms with Crippen LogP contribution in [-0.4, -0.2) is 35.3 Å². The van der Waals surface area contributed by atoms with Crippen LogP contribution in [0.5, 0.6) is 0 Å². The molecule has 1 rings (SSSR count). The van der Waals surface area contributed by atoms with Crippen molar-refractivity contribution in [2.45, 2.75) is 17.9 Å². The highest BCUT2D eigenvalue weighted by atomic mass is 32.2. The standard InChI is InChI=1S/C7H10F3N3O2S/c8-7(9,10)4-14-1-2-16-6-13-12-5(3-11)15-6/h1-4,11H2. The first kappa shape index (κ1) is 13.3. The summed E-state index contributed by atoms with van der Waals surface area (Å²) in [6, 6.07) is 0. The quantitative estimate of drug-likeness (QED) is 0.609. The number of rotatable bonds is 6. The van der Waals surface area contributed by atoms with Crippen LogP contribution in [0.4, 0.5) is 13.2 Å². The van der Waals surface area contributed by atoms with E-state index >= 15 is 0 Å². The van der Waals surface area contributed by atoms with Gasteiger partial charge in [0.05, 0.1) is 13.2 Å². The molecule has 0 aliphatic heterocycles. The molecule has 2 N–H and O–H groups in total. The van der Waals surface area contributed by atoms with Gasteiger partial charge in [0.1, 0.15) is 6.61 Å². The number of aromatic nitrogens is 2. The number of hydrogen-bond acceptors (Lipinski definition) is 6. The van der Waals surface area contributed by atoms with Gasteiger partial charge in [-0.2, -0.15) is 13.2 Å². The second-order valence-electron chi connectivity index (χ2n) is 2.68. The lowest BCUT2D eigenvalue weighted by Gasteiger charge is -2.05. The summed E-state index contributed by atoms with van der Waals surface area (Å²) in [6.45, 7) is -1.14. The minimum atomic E-state index is -4.29. The molecule has 0 aliphatic carbocycles. The molecule has 0 amide bonds. The molecule has 1 aromatic rings. The molecule has 16 heavy (non-hydrogen) atoms. The number of halogens is 3. The third-order valence-corrected chi connectivity index (χ3v) is 2.12. The lowest BCUT2D eigenvalue weighted by molar-refractivity contribution is -0.172. The molecule has 1 aromatic heterocycles. The van der Waals surface area contributed by atoms with Gasteiger partial charge in [-0.05, 0) is 0 Å². The zero-order valence-corrected chi connectivity index (χ0v) is 8.98. The highest BCUT2D eigenvalue weighted by Crippen LogP contribution is 2.17. The molecule has 5 nitrogen and oxygen atoms in total. The van der Waals surface area contributed by atoms with Crippen LogP contribution >= 0.6 is 11.8 Å². The van der Waals surface area contributed by atoms with Crippen LogP contribution in [0.3, 0.4) is 0 Å². The summed E-state index contributed by atoms with van der Waals surface area (Å²) in [6.07, 6.45) is -4.29. The second-order valence-corrected chi connectivity index (χ2v) is 3.73. The number of ether oxygens (including phenoxy) is 1. The Kier molecular flexibility index (Phi) is 5.03. The van der Waals surface area contributed by atoms with E-state index in [-0.39, 0.29) is 18.4 Å². The summed E-state index contributed by atoms with van der Waals surface area (Å²) in [5.74, 6) is 0.598. The van der Waals surface area contributed by atoms with Gasteiger partial charge in [-0.25, -0.2) is 0 Å². The summed E-state index contributed by atoms with van der Waals surface area (Å²) in [5, 5.41) is 7.49. The molecule has 0 saturated carbocycles. The first-order chi connectivity index (χ1) is 7.51. The van der Waals surface area contributed by atoms with Crippen LogP contribution in [0.25, 0.3) is 0 Å². The molecule has 0 unspecified atom stereocenters. The Balaban J connectivity index is 2.11. The number of nitrogens with two attached hydrogens (primary N) is 1. The first-order valence-electron chi connectivity index (χ1n) is 4.31. The van der Waals surface area contributed by atoms with Crippen molar-refractivity contribution in [2.75, 3.05) is 19.0 Å². The van der Waals surface area contributed by atoms with E-state index in [1.807, 2.05) is 0 Å². The predicted molar refractivity (Wildman–Crippen MR) is 49.8 cm³/mol. The molecule has 0 saturated heterocycles. The van der Waals surface area contributed by atoms with Crippen molar-refractivity contribution in [1.29, 1.82) is 0 Å². The van der Waals surface area contributed by atoms with E-state index in [9.17, 15) is 13.2 Å². The van der Waals surface area contributed by atoms with Gasteiger partial charge < -0.3 is 14.9 Å². The molecular formula is C7H10F3N3O2S. The van der Waals surface area contributed by atoms with Crippen LogP contribution in [0.1, 0.15) is 5.89 Å². The maximum Gasteiger partial charge on any atom is 0.411 e. The molecule has 0 atom stereocenters. The molecule has 0 fully saturated rings. The fraction of sp³-hybridized carbons (Fsp3) is 0.714. The van der Waals surface area contributed by atoms with Crippen molar-refractivity contribution in [3.8, 4) is 0 Å². The minimum absolute atomic E-state index is 0.0372. The van der Waals surface area contributed by atoms with Crippen LogP contribution in [-0.2, 0) is 11.3 Å². The minimum Gasteiger partial charge on any atom is -0.415 e. The van der Waals surface area contributed by atoms with Crippen molar-refractivity contribution in [3.05, 3.63) is 5.89 Å². The van der Waals surface area contributed by atoms with E-state index in [2.05, 4.69) is 14.9 Å². The Morgan fingerprint density at radius 2 is 2.12 bits per heavy atom. The largest absolute Gasteiger partial charge is 0.415 e. The zero-order chi connectivity index (χ0) is 12.0. The SMILES string of the molecule is NCc1nnc(SCCOCC(F)(F)F)o1. The maximum absolute atomic E-state index is 11.7. The van der Waals surface area contributed by atoms with Gasteiger partial charge in [-0.15, -0.1) is 10.2 Å². The van der Waals surface area contributed by atoms with Gasteiger partial charge in [0.15, 0.2) is 0 Å². The monoisotopic (exact) mass is 257 g/mol. The Labute approximate surface area is 93.5 Å². The lowest BCUT2D eigenvalue weighted by atomic mass is 10.7. The number of thioether (sulfide) groups is 1. The summed E-state index contributed by atoms with van der Waals surface area (Å²) in [5.41, 5.74) is 5.23. The van der Waals surface area contributed by atoms with E-state index in [4.69, 9.17) is 10.2 Å². The predicted octanol–water partition coefficient (Wildman–Crippen LogP) is 1.20. The lowest BCUT2D eigenvalue weighted by Crippen LogP contribution is -2.17. The second kappa shape index (κ2) is 6.06. The van der Waals surface area contributed by atoms with E-state index in [0.717, 1.165) is 11.8 Å². The number of hydrogen-bond donors (Lipinski definition) is 1. The highest BCUT2D eigenvalue weighted by molar-refractivity contribution is 7.99. The fourth-order valence-electron chi connectivity index (χ4n) is 0.755. The first-order valence-corrected chi connectivity index (χ1v) is 5.29. The van der Waals surface area contributed by atoms with Crippen LogP contribution in [0.2, 0.25) is 0 Å². The van der Waals surface area contributed by atoms with Gasteiger partial charge in [-0.1, -0.05) is 11.8 Å². The molecule has 0 aliphatic rings. The van der Waals surface area contributed by atoms with Crippen molar-refractivity contribution in [3.63, 3.8) is 0 Å². The third-order valence-electron chi connectivity index (χ3n) is 1.34. The maximum atomic E-state index is 11.7. The Bertz CT molecular complexity index is 318. The topological polar surface area (TPSA) is 74.2 Å². The fourth-order valence-corrected chi connectivity index (χ4v) is 1.38. The van der Waals surface area contributed by atoms with Gasteiger partial charge in [0.25, 0.3) is 5.22 Å². The normalized spacial score (nSPS) is 12.0. The number of nitrogens with zero attached hydrogens (tertiary/aromatic N) is 2. The molecule has 0 radical (unpaired) electrons. The van der Waals surface area contributed by atoms with Crippen molar-refractivity contribution < 1.29 is 22.3 Å². The van der Waals surface area contributed by atoms with Gasteiger partial charge in [0.2, 0.25) is 5.89 Å². The molecule has 9 heteroatoms. The average Bonchev–Trinajstić information content (AvgIpc) is 2.63. The van der Waals surface area contributed by atoms with Crippen molar-refractivity contribution >= 4 is 11.8 Å². The summed E-state index contributed by atoms with van der Waals surface area (Å²) >= 11 is 1.12. The highest BCUT2D eigenvalue weighted by Gasteiger charge is 2.27. The Morgan fingerprint density at radius 1 is 1.38 bits per heavy atom. The van der Waals surface area contributed by atoms with Gasteiger partial charge in [-0.3, -0.25) is 0 Å². The molecule has 0 aromatic carbocycles. The van der Waals surface area contributed by atoms with Crippen molar-refractivity contribution in [2.24, 2.45) is 5.73 Å². The van der Waals surface area contributed by atoms with Crippen LogP contribution in [0.15, 0.2) is 9.64 Å². The number of alkyl halides is 3. The van der Waals surface area contributed by atoms with Crippen LogP contribution < -0.4 is 5.73 Å². The van der Waals surface area contributed by atoms with E-state index in [1.165, 1.54) is 0 Å². The third kappa shape index (κ3) is 5.33. The zero-order valence-electron chi connectivity index (χ0n) is 8.16. The van der Waals surface area contributed by atoms with Gasteiger partial charge in [0, 0.05) is 5.75 Å². The summed E-state index contributed by atoms with van der Waals surface area (Å²) < 4.78 is 44.4. The van der Waals surface area contributed by atoms with Gasteiger partial charge >= 0.3 is 6.18 Å². The van der Waals surface area contributed by atoms with Crippen LogP contribution in [0, 0.1) is 0 Å². The molecular weight excluding hydrogens is 247 g/mol. The average molecular weight is 257 g/mol. The van der Waals surface area contributed by atoms with Crippen molar-refractivity contribution in [1.82, 2.24) is 10.2 Å². The molecule has 0 bridgehead atoms. The molecule has 92 valence electrons. The molecule has 1 heterocycles. The summed E-state index contributed by atoms with van der Waals surface area (Å²) in [7, 11) is 0. The van der Waals surface area contributed by atoms with E-state index in [0.29, 0.717) is 11.6 Å². The van der Waals surface area contributed by atoms with E-state index in [1.54, 1.807) is 0 Å². The Hall–Kier alpha value is -0.800. The van der Waals surface area contributed by atoms with E-state index < -0.39 is 12.8 Å².